The summed E-state index contributed by atoms with van der Waals surface area (Å²) in [6.07, 6.45) is 6.83. The molecule has 24 heavy (non-hydrogen) atoms. The molecule has 1 aliphatic carbocycles. The molecule has 1 aromatic carbocycles. The molecule has 0 saturated carbocycles. The van der Waals surface area contributed by atoms with Gasteiger partial charge in [-0.15, -0.1) is 0 Å². The van der Waals surface area contributed by atoms with E-state index in [0.717, 1.165) is 49.3 Å². The highest BCUT2D eigenvalue weighted by Gasteiger charge is 2.22. The first-order chi connectivity index (χ1) is 11.8. The number of hydrogen-bond acceptors (Lipinski definition) is 3. The fraction of sp³-hybridized carbons (Fsp3) is 0.474. The highest BCUT2D eigenvalue weighted by Crippen LogP contribution is 2.25. The van der Waals surface area contributed by atoms with Gasteiger partial charge in [0.2, 0.25) is 0 Å². The second-order valence-corrected chi connectivity index (χ2v) is 6.89. The third-order valence-corrected chi connectivity index (χ3v) is 5.31. The maximum Gasteiger partial charge on any atom is 0.251 e. The summed E-state index contributed by atoms with van der Waals surface area (Å²) in [5.74, 6) is 0.653. The van der Waals surface area contributed by atoms with E-state index in [9.17, 15) is 4.79 Å². The largest absolute Gasteiger partial charge is 0.349 e. The fourth-order valence-corrected chi connectivity index (χ4v) is 3.85. The molecular formula is C19H24N4O. The van der Waals surface area contributed by atoms with Crippen LogP contribution in [0.5, 0.6) is 0 Å². The van der Waals surface area contributed by atoms with Gasteiger partial charge in [-0.05, 0) is 62.4 Å². The number of benzene rings is 1. The lowest BCUT2D eigenvalue weighted by Gasteiger charge is -2.24. The monoisotopic (exact) mass is 324 g/mol. The molecule has 0 spiro atoms. The van der Waals surface area contributed by atoms with Gasteiger partial charge in [0, 0.05) is 23.7 Å². The molecule has 0 radical (unpaired) electrons. The summed E-state index contributed by atoms with van der Waals surface area (Å²) < 4.78 is 0. The molecule has 1 atom stereocenters. The van der Waals surface area contributed by atoms with Crippen LogP contribution in [0.3, 0.4) is 0 Å². The number of aromatic amines is 1. The third kappa shape index (κ3) is 3.22. The Balaban J connectivity index is 1.38. The molecule has 5 heteroatoms. The number of imidazole rings is 1. The van der Waals surface area contributed by atoms with Crippen molar-refractivity contribution in [3.8, 4) is 0 Å². The zero-order valence-corrected chi connectivity index (χ0v) is 13.8. The van der Waals surface area contributed by atoms with Crippen molar-refractivity contribution in [2.45, 2.75) is 44.1 Å². The smallest absolute Gasteiger partial charge is 0.251 e. The van der Waals surface area contributed by atoms with Crippen LogP contribution in [0.1, 0.15) is 52.5 Å². The molecule has 2 aromatic rings. The van der Waals surface area contributed by atoms with Crippen LogP contribution < -0.4 is 10.6 Å². The second kappa shape index (κ2) is 6.77. The third-order valence-electron chi connectivity index (χ3n) is 5.31. The first-order valence-electron chi connectivity index (χ1n) is 8.92. The Morgan fingerprint density at radius 3 is 2.71 bits per heavy atom. The summed E-state index contributed by atoms with van der Waals surface area (Å²) in [6.45, 7) is 2.17. The van der Waals surface area contributed by atoms with Gasteiger partial charge >= 0.3 is 0 Å². The number of nitrogens with one attached hydrogen (secondary N) is 3. The molecule has 1 amide bonds. The maximum atomic E-state index is 12.5. The van der Waals surface area contributed by atoms with E-state index in [4.69, 9.17) is 0 Å². The fourth-order valence-electron chi connectivity index (χ4n) is 3.85. The van der Waals surface area contributed by atoms with E-state index in [1.807, 2.05) is 12.1 Å². The van der Waals surface area contributed by atoms with Crippen molar-refractivity contribution in [3.05, 3.63) is 53.1 Å². The van der Waals surface area contributed by atoms with Crippen molar-refractivity contribution in [1.29, 1.82) is 0 Å². The van der Waals surface area contributed by atoms with Crippen LogP contribution in [0.25, 0.3) is 0 Å². The van der Waals surface area contributed by atoms with Crippen molar-refractivity contribution in [2.24, 2.45) is 0 Å². The lowest BCUT2D eigenvalue weighted by atomic mass is 9.89. The number of H-pyrrole nitrogens is 1. The van der Waals surface area contributed by atoms with Crippen molar-refractivity contribution in [1.82, 2.24) is 20.6 Å². The van der Waals surface area contributed by atoms with Crippen molar-refractivity contribution in [3.63, 3.8) is 0 Å². The number of fused-ring (bicyclic) bond motifs is 1. The molecule has 2 aliphatic rings. The van der Waals surface area contributed by atoms with Crippen LogP contribution in [0.2, 0.25) is 0 Å². The van der Waals surface area contributed by atoms with E-state index in [0.29, 0.717) is 5.92 Å². The summed E-state index contributed by atoms with van der Waals surface area (Å²) in [4.78, 5) is 20.0. The SMILES string of the molecule is O=C(NC1CCc2nc[nH]c2C1)c1ccc(C2CCNCC2)cc1. The predicted molar refractivity (Wildman–Crippen MR) is 93.2 cm³/mol. The van der Waals surface area contributed by atoms with Gasteiger partial charge in [-0.2, -0.15) is 0 Å². The topological polar surface area (TPSA) is 69.8 Å². The van der Waals surface area contributed by atoms with Crippen molar-refractivity contribution in [2.75, 3.05) is 13.1 Å². The molecule has 4 rings (SSSR count). The number of amides is 1. The summed E-state index contributed by atoms with van der Waals surface area (Å²) >= 11 is 0. The maximum absolute atomic E-state index is 12.5. The Morgan fingerprint density at radius 2 is 1.92 bits per heavy atom. The Hall–Kier alpha value is -2.14. The minimum atomic E-state index is 0.0276. The molecule has 1 aromatic heterocycles. The predicted octanol–water partition coefficient (Wildman–Crippen LogP) is 2.16. The summed E-state index contributed by atoms with van der Waals surface area (Å²) in [5.41, 5.74) is 4.41. The summed E-state index contributed by atoms with van der Waals surface area (Å²) in [5, 5.41) is 6.56. The number of aromatic nitrogens is 2. The highest BCUT2D eigenvalue weighted by atomic mass is 16.1. The molecule has 1 aliphatic heterocycles. The van der Waals surface area contributed by atoms with Gasteiger partial charge in [0.1, 0.15) is 0 Å². The number of carbonyl (C=O) groups is 1. The lowest BCUT2D eigenvalue weighted by Crippen LogP contribution is -2.38. The van der Waals surface area contributed by atoms with Gasteiger partial charge in [0.25, 0.3) is 5.91 Å². The van der Waals surface area contributed by atoms with E-state index >= 15 is 0 Å². The highest BCUT2D eigenvalue weighted by molar-refractivity contribution is 5.94. The minimum Gasteiger partial charge on any atom is -0.349 e. The molecule has 1 saturated heterocycles. The number of hydrogen-bond donors (Lipinski definition) is 3. The van der Waals surface area contributed by atoms with Crippen LogP contribution in [0, 0.1) is 0 Å². The lowest BCUT2D eigenvalue weighted by molar-refractivity contribution is 0.0933. The molecule has 0 bridgehead atoms. The molecule has 3 N–H and O–H groups in total. The number of rotatable bonds is 3. The van der Waals surface area contributed by atoms with E-state index in [2.05, 4.69) is 32.7 Å². The van der Waals surface area contributed by atoms with Gasteiger partial charge in [0.05, 0.1) is 12.0 Å². The zero-order chi connectivity index (χ0) is 16.4. The average molecular weight is 324 g/mol. The molecule has 2 heterocycles. The van der Waals surface area contributed by atoms with Gasteiger partial charge < -0.3 is 15.6 Å². The van der Waals surface area contributed by atoms with E-state index < -0.39 is 0 Å². The second-order valence-electron chi connectivity index (χ2n) is 6.89. The average Bonchev–Trinajstić information content (AvgIpc) is 3.10. The summed E-state index contributed by atoms with van der Waals surface area (Å²) in [6, 6.07) is 8.38. The minimum absolute atomic E-state index is 0.0276. The number of aryl methyl sites for hydroxylation is 1. The number of piperidine rings is 1. The quantitative estimate of drug-likeness (QED) is 0.810. The van der Waals surface area contributed by atoms with E-state index in [1.165, 1.54) is 18.4 Å². The van der Waals surface area contributed by atoms with Crippen molar-refractivity contribution < 1.29 is 4.79 Å². The van der Waals surface area contributed by atoms with Crippen LogP contribution in [0.4, 0.5) is 0 Å². The van der Waals surface area contributed by atoms with Crippen LogP contribution >= 0.6 is 0 Å². The Morgan fingerprint density at radius 1 is 1.12 bits per heavy atom. The van der Waals surface area contributed by atoms with Gasteiger partial charge in [-0.25, -0.2) is 4.98 Å². The molecular weight excluding hydrogens is 300 g/mol. The molecule has 126 valence electrons. The molecule has 1 unspecified atom stereocenters. The number of nitrogens with zero attached hydrogens (tertiary/aromatic N) is 1. The van der Waals surface area contributed by atoms with Gasteiger partial charge in [-0.1, -0.05) is 12.1 Å². The molecule has 5 nitrogen and oxygen atoms in total. The van der Waals surface area contributed by atoms with Crippen LogP contribution in [-0.2, 0) is 12.8 Å². The Labute approximate surface area is 142 Å². The number of carbonyl (C=O) groups excluding carboxylic acids is 1. The summed E-state index contributed by atoms with van der Waals surface area (Å²) in [7, 11) is 0. The first kappa shape index (κ1) is 15.4. The van der Waals surface area contributed by atoms with Crippen molar-refractivity contribution >= 4 is 5.91 Å². The normalized spacial score (nSPS) is 21.2. The van der Waals surface area contributed by atoms with E-state index in [1.54, 1.807) is 6.33 Å². The Kier molecular flexibility index (Phi) is 4.34. The molecule has 1 fully saturated rings. The van der Waals surface area contributed by atoms with Gasteiger partial charge in [-0.3, -0.25) is 4.79 Å². The van der Waals surface area contributed by atoms with Crippen LogP contribution in [-0.4, -0.2) is 35.0 Å². The van der Waals surface area contributed by atoms with Crippen LogP contribution in [0.15, 0.2) is 30.6 Å². The first-order valence-corrected chi connectivity index (χ1v) is 8.92. The van der Waals surface area contributed by atoms with E-state index in [-0.39, 0.29) is 11.9 Å². The zero-order valence-electron chi connectivity index (χ0n) is 13.8. The Bertz CT molecular complexity index is 700. The standard InChI is InChI=1S/C19H24N4O/c24-19(23-16-5-6-17-18(11-16)22-12-21-17)15-3-1-13(2-4-15)14-7-9-20-10-8-14/h1-4,12,14,16,20H,5-11H2,(H,21,22)(H,23,24). The van der Waals surface area contributed by atoms with Gasteiger partial charge in [0.15, 0.2) is 0 Å².